The molecule has 2 aliphatic rings. The van der Waals surface area contributed by atoms with Gasteiger partial charge in [-0.05, 0) is 43.9 Å². The number of ether oxygens (including phenoxy) is 1. The van der Waals surface area contributed by atoms with Crippen molar-refractivity contribution >= 4 is 28.2 Å². The molecule has 0 unspecified atom stereocenters. The smallest absolute Gasteiger partial charge is 0.160 e. The van der Waals surface area contributed by atoms with Crippen LogP contribution in [0.3, 0.4) is 0 Å². The van der Waals surface area contributed by atoms with Crippen LogP contribution in [-0.4, -0.2) is 58.1 Å². The fraction of sp³-hybridized carbons (Fsp3) is 0.400. The minimum atomic E-state index is -0.806. The number of fused-ring (bicyclic) bond motifs is 2. The molecule has 170 valence electrons. The van der Waals surface area contributed by atoms with Crippen molar-refractivity contribution in [3.63, 3.8) is 0 Å². The summed E-state index contributed by atoms with van der Waals surface area (Å²) in [5.41, 5.74) is 4.37. The Morgan fingerprint density at radius 2 is 1.91 bits per heavy atom. The standard InChI is InChI=1S/C25H27FN6O/c1-16-12-17-4-2-3-5-20(17)28-25(16)21-13-23-29-22(31-9-6-18(26)15-31)14-24(32(23)30-21)27-19-7-10-33-11-8-19/h2-5,12-14,18-19,27H,6-11,15H2,1H3/t18-/m1/s1. The van der Waals surface area contributed by atoms with Crippen molar-refractivity contribution in [2.45, 2.75) is 38.4 Å². The number of nitrogens with one attached hydrogen (secondary N) is 1. The fourth-order valence-electron chi connectivity index (χ4n) is 4.80. The molecule has 0 radical (unpaired) electrons. The highest BCUT2D eigenvalue weighted by Gasteiger charge is 2.25. The van der Waals surface area contributed by atoms with Crippen molar-refractivity contribution in [2.75, 3.05) is 36.5 Å². The highest BCUT2D eigenvalue weighted by molar-refractivity contribution is 5.83. The molecular weight excluding hydrogens is 419 g/mol. The van der Waals surface area contributed by atoms with Gasteiger partial charge in [0, 0.05) is 43.3 Å². The van der Waals surface area contributed by atoms with Gasteiger partial charge in [-0.2, -0.15) is 9.61 Å². The Morgan fingerprint density at radius 3 is 2.73 bits per heavy atom. The van der Waals surface area contributed by atoms with E-state index in [2.05, 4.69) is 24.4 Å². The molecule has 1 atom stereocenters. The molecule has 0 amide bonds. The van der Waals surface area contributed by atoms with Gasteiger partial charge in [0.15, 0.2) is 5.65 Å². The normalized spacial score (nSPS) is 19.6. The maximum Gasteiger partial charge on any atom is 0.160 e. The number of rotatable bonds is 4. The molecule has 0 aliphatic carbocycles. The van der Waals surface area contributed by atoms with Crippen LogP contribution in [0.5, 0.6) is 0 Å². The van der Waals surface area contributed by atoms with Crippen LogP contribution in [0.15, 0.2) is 42.5 Å². The predicted molar refractivity (Wildman–Crippen MR) is 128 cm³/mol. The number of hydrogen-bond donors (Lipinski definition) is 1. The van der Waals surface area contributed by atoms with E-state index < -0.39 is 6.17 Å². The number of pyridine rings is 1. The van der Waals surface area contributed by atoms with Crippen molar-refractivity contribution in [1.29, 1.82) is 0 Å². The van der Waals surface area contributed by atoms with Crippen LogP contribution in [-0.2, 0) is 4.74 Å². The van der Waals surface area contributed by atoms with E-state index in [4.69, 9.17) is 19.8 Å². The third-order valence-electron chi connectivity index (χ3n) is 6.60. The molecule has 2 fully saturated rings. The summed E-state index contributed by atoms with van der Waals surface area (Å²) in [5, 5.41) is 9.66. The van der Waals surface area contributed by atoms with E-state index in [0.29, 0.717) is 25.6 Å². The predicted octanol–water partition coefficient (Wildman–Crippen LogP) is 4.39. The van der Waals surface area contributed by atoms with E-state index >= 15 is 0 Å². The van der Waals surface area contributed by atoms with E-state index in [0.717, 1.165) is 71.2 Å². The molecular formula is C25H27FN6O. The number of benzene rings is 1. The van der Waals surface area contributed by atoms with Gasteiger partial charge in [0.2, 0.25) is 0 Å². The molecule has 8 heteroatoms. The first kappa shape index (κ1) is 20.4. The lowest BCUT2D eigenvalue weighted by Crippen LogP contribution is -2.29. The van der Waals surface area contributed by atoms with Crippen molar-refractivity contribution in [2.24, 2.45) is 0 Å². The average Bonchev–Trinajstić information content (AvgIpc) is 3.45. The van der Waals surface area contributed by atoms with Crippen molar-refractivity contribution in [3.05, 3.63) is 48.0 Å². The van der Waals surface area contributed by atoms with Crippen LogP contribution in [0.4, 0.5) is 16.0 Å². The minimum absolute atomic E-state index is 0.304. The summed E-state index contributed by atoms with van der Waals surface area (Å²) in [4.78, 5) is 11.8. The Bertz CT molecular complexity index is 1320. The number of aryl methyl sites for hydroxylation is 1. The Hall–Kier alpha value is -3.26. The SMILES string of the molecule is Cc1cc2ccccc2nc1-c1cc2nc(N3CC[C@@H](F)C3)cc(NC3CCOCC3)n2n1. The van der Waals surface area contributed by atoms with Crippen LogP contribution in [0, 0.1) is 6.92 Å². The zero-order chi connectivity index (χ0) is 22.4. The summed E-state index contributed by atoms with van der Waals surface area (Å²) in [6.45, 7) is 4.61. The van der Waals surface area contributed by atoms with E-state index in [1.165, 1.54) is 0 Å². The Balaban J connectivity index is 1.45. The van der Waals surface area contributed by atoms with Gasteiger partial charge < -0.3 is 15.0 Å². The summed E-state index contributed by atoms with van der Waals surface area (Å²) >= 11 is 0. The maximum absolute atomic E-state index is 13.9. The van der Waals surface area contributed by atoms with E-state index in [9.17, 15) is 4.39 Å². The van der Waals surface area contributed by atoms with Crippen LogP contribution in [0.25, 0.3) is 27.9 Å². The van der Waals surface area contributed by atoms with Crippen LogP contribution in [0.2, 0.25) is 0 Å². The number of anilines is 2. The molecule has 3 aromatic heterocycles. The van der Waals surface area contributed by atoms with E-state index in [1.807, 2.05) is 39.7 Å². The van der Waals surface area contributed by atoms with E-state index in [-0.39, 0.29) is 0 Å². The first-order chi connectivity index (χ1) is 16.1. The summed E-state index contributed by atoms with van der Waals surface area (Å²) in [7, 11) is 0. The Labute approximate surface area is 191 Å². The van der Waals surface area contributed by atoms with Gasteiger partial charge in [0.1, 0.15) is 23.5 Å². The van der Waals surface area contributed by atoms with Gasteiger partial charge in [0.05, 0.1) is 17.8 Å². The largest absolute Gasteiger partial charge is 0.381 e. The third kappa shape index (κ3) is 3.88. The lowest BCUT2D eigenvalue weighted by Gasteiger charge is -2.25. The Kier molecular flexibility index (Phi) is 5.10. The van der Waals surface area contributed by atoms with Crippen molar-refractivity contribution < 1.29 is 9.13 Å². The highest BCUT2D eigenvalue weighted by atomic mass is 19.1. The average molecular weight is 447 g/mol. The number of halogens is 1. The number of alkyl halides is 1. The molecule has 4 aromatic rings. The van der Waals surface area contributed by atoms with Gasteiger partial charge in [0.25, 0.3) is 0 Å². The second-order valence-corrected chi connectivity index (χ2v) is 9.01. The van der Waals surface area contributed by atoms with Gasteiger partial charge in [-0.3, -0.25) is 0 Å². The number of nitrogens with zero attached hydrogens (tertiary/aromatic N) is 5. The zero-order valence-electron chi connectivity index (χ0n) is 18.7. The zero-order valence-corrected chi connectivity index (χ0v) is 18.7. The molecule has 0 spiro atoms. The van der Waals surface area contributed by atoms with Crippen molar-refractivity contribution in [3.8, 4) is 11.4 Å². The van der Waals surface area contributed by atoms with Crippen LogP contribution in [0.1, 0.15) is 24.8 Å². The highest BCUT2D eigenvalue weighted by Crippen LogP contribution is 2.29. The molecule has 0 saturated carbocycles. The lowest BCUT2D eigenvalue weighted by molar-refractivity contribution is 0.0903. The van der Waals surface area contributed by atoms with Gasteiger partial charge >= 0.3 is 0 Å². The second-order valence-electron chi connectivity index (χ2n) is 9.01. The summed E-state index contributed by atoms with van der Waals surface area (Å²) in [6.07, 6.45) is 1.62. The van der Waals surface area contributed by atoms with E-state index in [1.54, 1.807) is 0 Å². The number of aromatic nitrogens is 4. The molecule has 5 heterocycles. The topological polar surface area (TPSA) is 67.6 Å². The third-order valence-corrected chi connectivity index (χ3v) is 6.60. The summed E-state index contributed by atoms with van der Waals surface area (Å²) < 4.78 is 21.3. The monoisotopic (exact) mass is 446 g/mol. The molecule has 2 aliphatic heterocycles. The molecule has 2 saturated heterocycles. The summed E-state index contributed by atoms with van der Waals surface area (Å²) in [5.74, 6) is 1.65. The first-order valence-electron chi connectivity index (χ1n) is 11.6. The molecule has 33 heavy (non-hydrogen) atoms. The van der Waals surface area contributed by atoms with Crippen molar-refractivity contribution in [1.82, 2.24) is 19.6 Å². The lowest BCUT2D eigenvalue weighted by atomic mass is 10.1. The number of hydrogen-bond acceptors (Lipinski definition) is 6. The maximum atomic E-state index is 13.9. The Morgan fingerprint density at radius 1 is 1.06 bits per heavy atom. The number of para-hydroxylation sites is 1. The van der Waals surface area contributed by atoms with Crippen LogP contribution >= 0.6 is 0 Å². The molecule has 7 nitrogen and oxygen atoms in total. The summed E-state index contributed by atoms with van der Waals surface area (Å²) in [6, 6.07) is 14.5. The van der Waals surface area contributed by atoms with Gasteiger partial charge in [-0.15, -0.1) is 0 Å². The van der Waals surface area contributed by atoms with Gasteiger partial charge in [-0.25, -0.2) is 14.4 Å². The molecule has 0 bridgehead atoms. The second kappa shape index (κ2) is 8.26. The first-order valence-corrected chi connectivity index (χ1v) is 11.6. The van der Waals surface area contributed by atoms with Crippen LogP contribution < -0.4 is 10.2 Å². The molecule has 1 N–H and O–H groups in total. The molecule has 6 rings (SSSR count). The van der Waals surface area contributed by atoms with Gasteiger partial charge in [-0.1, -0.05) is 18.2 Å². The minimum Gasteiger partial charge on any atom is -0.381 e. The molecule has 1 aromatic carbocycles. The fourth-order valence-corrected chi connectivity index (χ4v) is 4.80. The quantitative estimate of drug-likeness (QED) is 0.502.